The number of hydrogen-bond acceptors (Lipinski definition) is 8. The SMILES string of the molecule is CCCCCCCC/C=C\CCCCCCCCCCCC(=O)OC(COCCCCCCCCCCCCC)COP(=O)(O)OCC(O)CO. The van der Waals surface area contributed by atoms with Crippen molar-refractivity contribution >= 4 is 13.8 Å². The Labute approximate surface area is 313 Å². The molecule has 0 saturated heterocycles. The first-order chi connectivity index (χ1) is 24.8. The van der Waals surface area contributed by atoms with E-state index in [9.17, 15) is 19.4 Å². The Balaban J connectivity index is 4.11. The number of phosphoric acid groups is 1. The maximum Gasteiger partial charge on any atom is 0.472 e. The lowest BCUT2D eigenvalue weighted by Gasteiger charge is -2.20. The summed E-state index contributed by atoms with van der Waals surface area (Å²) in [6.45, 7) is 3.53. The van der Waals surface area contributed by atoms with Crippen LogP contribution in [0.15, 0.2) is 12.2 Å². The number of carbonyl (C=O) groups excluding carboxylic acids is 1. The summed E-state index contributed by atoms with van der Waals surface area (Å²) >= 11 is 0. The van der Waals surface area contributed by atoms with Crippen LogP contribution in [0.2, 0.25) is 0 Å². The molecule has 9 nitrogen and oxygen atoms in total. The summed E-state index contributed by atoms with van der Waals surface area (Å²) in [5, 5.41) is 18.3. The molecule has 3 atom stereocenters. The molecule has 0 spiro atoms. The van der Waals surface area contributed by atoms with E-state index in [1.165, 1.54) is 148 Å². The average molecular weight is 749 g/mol. The lowest BCUT2D eigenvalue weighted by atomic mass is 10.1. The van der Waals surface area contributed by atoms with Crippen LogP contribution >= 0.6 is 7.82 Å². The van der Waals surface area contributed by atoms with Crippen LogP contribution in [0, 0.1) is 0 Å². The number of carbonyl (C=O) groups is 1. The maximum absolute atomic E-state index is 12.6. The molecule has 0 radical (unpaired) electrons. The summed E-state index contributed by atoms with van der Waals surface area (Å²) in [4.78, 5) is 22.5. The first kappa shape index (κ1) is 50.2. The van der Waals surface area contributed by atoms with E-state index in [2.05, 4.69) is 26.0 Å². The Bertz CT molecular complexity index is 810. The molecule has 0 aliphatic rings. The number of esters is 1. The maximum atomic E-state index is 12.6. The minimum atomic E-state index is -4.51. The zero-order valence-electron chi connectivity index (χ0n) is 33.1. The van der Waals surface area contributed by atoms with Gasteiger partial charge in [0.2, 0.25) is 0 Å². The van der Waals surface area contributed by atoms with Gasteiger partial charge in [0, 0.05) is 13.0 Å². The van der Waals surface area contributed by atoms with E-state index in [4.69, 9.17) is 23.6 Å². The van der Waals surface area contributed by atoms with Gasteiger partial charge in [-0.3, -0.25) is 13.8 Å². The van der Waals surface area contributed by atoms with Gasteiger partial charge in [-0.25, -0.2) is 4.57 Å². The molecule has 0 saturated carbocycles. The monoisotopic (exact) mass is 749 g/mol. The number of aliphatic hydroxyl groups is 2. The molecule has 304 valence electrons. The Hall–Kier alpha value is -0.800. The number of allylic oxidation sites excluding steroid dienone is 2. The van der Waals surface area contributed by atoms with Gasteiger partial charge in [0.1, 0.15) is 12.2 Å². The molecule has 0 fully saturated rings. The summed E-state index contributed by atoms with van der Waals surface area (Å²) in [6.07, 6.45) is 37.4. The van der Waals surface area contributed by atoms with Crippen molar-refractivity contribution in [3.63, 3.8) is 0 Å². The minimum absolute atomic E-state index is 0.0538. The van der Waals surface area contributed by atoms with Gasteiger partial charge in [0.15, 0.2) is 0 Å². The van der Waals surface area contributed by atoms with Crippen LogP contribution in [-0.4, -0.2) is 66.3 Å². The molecule has 0 aliphatic heterocycles. The highest BCUT2D eigenvalue weighted by Gasteiger charge is 2.26. The molecular weight excluding hydrogens is 667 g/mol. The van der Waals surface area contributed by atoms with E-state index in [1.54, 1.807) is 0 Å². The predicted octanol–water partition coefficient (Wildman–Crippen LogP) is 11.3. The number of hydrogen-bond donors (Lipinski definition) is 3. The zero-order valence-corrected chi connectivity index (χ0v) is 34.0. The Kier molecular flexibility index (Phi) is 38.3. The number of unbranched alkanes of at least 4 members (excludes halogenated alkanes) is 25. The van der Waals surface area contributed by atoms with Crippen LogP contribution in [0.3, 0.4) is 0 Å². The molecule has 3 N–H and O–H groups in total. The lowest BCUT2D eigenvalue weighted by Crippen LogP contribution is -2.29. The van der Waals surface area contributed by atoms with Crippen molar-refractivity contribution in [2.45, 2.75) is 212 Å². The van der Waals surface area contributed by atoms with Crippen molar-refractivity contribution < 1.29 is 43.0 Å². The highest BCUT2D eigenvalue weighted by atomic mass is 31.2. The van der Waals surface area contributed by atoms with Crippen LogP contribution in [-0.2, 0) is 27.9 Å². The quantitative estimate of drug-likeness (QED) is 0.0242. The van der Waals surface area contributed by atoms with Crippen molar-refractivity contribution in [2.24, 2.45) is 0 Å². The molecule has 51 heavy (non-hydrogen) atoms. The summed E-state index contributed by atoms with van der Waals surface area (Å²) in [7, 11) is -4.51. The van der Waals surface area contributed by atoms with Gasteiger partial charge >= 0.3 is 13.8 Å². The number of rotatable bonds is 41. The van der Waals surface area contributed by atoms with E-state index in [0.29, 0.717) is 6.61 Å². The third kappa shape index (κ3) is 38.7. The van der Waals surface area contributed by atoms with Gasteiger partial charge in [0.25, 0.3) is 0 Å². The number of phosphoric ester groups is 1. The van der Waals surface area contributed by atoms with Gasteiger partial charge in [-0.2, -0.15) is 0 Å². The number of aliphatic hydroxyl groups excluding tert-OH is 2. The molecule has 10 heteroatoms. The highest BCUT2D eigenvalue weighted by Crippen LogP contribution is 2.43. The molecule has 0 aliphatic carbocycles. The molecular formula is C41H81O9P. The average Bonchev–Trinajstić information content (AvgIpc) is 3.12. The van der Waals surface area contributed by atoms with Crippen molar-refractivity contribution in [1.29, 1.82) is 0 Å². The van der Waals surface area contributed by atoms with Gasteiger partial charge in [-0.1, -0.05) is 167 Å². The highest BCUT2D eigenvalue weighted by molar-refractivity contribution is 7.47. The Morgan fingerprint density at radius 1 is 0.588 bits per heavy atom. The number of ether oxygens (including phenoxy) is 2. The van der Waals surface area contributed by atoms with Crippen LogP contribution < -0.4 is 0 Å². The summed E-state index contributed by atoms with van der Waals surface area (Å²) in [5.41, 5.74) is 0. The molecule has 0 aromatic carbocycles. The van der Waals surface area contributed by atoms with Crippen molar-refractivity contribution in [2.75, 3.05) is 33.0 Å². The minimum Gasteiger partial charge on any atom is -0.457 e. The molecule has 0 aromatic heterocycles. The molecule has 0 heterocycles. The smallest absolute Gasteiger partial charge is 0.457 e. The summed E-state index contributed by atoms with van der Waals surface area (Å²) < 4.78 is 33.3. The Morgan fingerprint density at radius 2 is 1.00 bits per heavy atom. The summed E-state index contributed by atoms with van der Waals surface area (Å²) in [6, 6.07) is 0. The topological polar surface area (TPSA) is 132 Å². The summed E-state index contributed by atoms with van der Waals surface area (Å²) in [5.74, 6) is -0.382. The molecule has 3 unspecified atom stereocenters. The van der Waals surface area contributed by atoms with E-state index in [0.717, 1.165) is 32.1 Å². The molecule has 0 bridgehead atoms. The van der Waals surface area contributed by atoms with Gasteiger partial charge < -0.3 is 24.6 Å². The molecule has 0 aromatic rings. The van der Waals surface area contributed by atoms with Crippen LogP contribution in [0.5, 0.6) is 0 Å². The predicted molar refractivity (Wildman–Crippen MR) is 210 cm³/mol. The van der Waals surface area contributed by atoms with E-state index in [1.807, 2.05) is 0 Å². The fraction of sp³-hybridized carbons (Fsp3) is 0.927. The fourth-order valence-corrected chi connectivity index (χ4v) is 6.73. The normalized spacial score (nSPS) is 14.2. The second kappa shape index (κ2) is 38.9. The second-order valence-electron chi connectivity index (χ2n) is 14.4. The first-order valence-electron chi connectivity index (χ1n) is 21.2. The van der Waals surface area contributed by atoms with Crippen LogP contribution in [0.1, 0.15) is 200 Å². The van der Waals surface area contributed by atoms with Crippen LogP contribution in [0.25, 0.3) is 0 Å². The van der Waals surface area contributed by atoms with Crippen molar-refractivity contribution in [3.8, 4) is 0 Å². The van der Waals surface area contributed by atoms with Crippen LogP contribution in [0.4, 0.5) is 0 Å². The van der Waals surface area contributed by atoms with E-state index in [-0.39, 0.29) is 25.6 Å². The van der Waals surface area contributed by atoms with E-state index >= 15 is 0 Å². The van der Waals surface area contributed by atoms with Gasteiger partial charge in [-0.05, 0) is 38.5 Å². The standard InChI is InChI=1S/C41H81O9P/c1-3-5-7-9-11-13-15-16-17-18-19-20-21-22-23-25-27-29-31-33-41(44)50-40(38-49-51(45,46)48-36-39(43)35-42)37-47-34-32-30-28-26-24-14-12-10-8-6-4-2/h16-17,39-40,42-43H,3-15,18-38H2,1-2H3,(H,45,46)/b17-16-. The van der Waals surface area contributed by atoms with Crippen molar-refractivity contribution in [3.05, 3.63) is 12.2 Å². The largest absolute Gasteiger partial charge is 0.472 e. The van der Waals surface area contributed by atoms with E-state index < -0.39 is 33.2 Å². The van der Waals surface area contributed by atoms with Crippen molar-refractivity contribution in [1.82, 2.24) is 0 Å². The Morgan fingerprint density at radius 3 is 1.47 bits per heavy atom. The second-order valence-corrected chi connectivity index (χ2v) is 15.8. The molecule has 0 amide bonds. The third-order valence-electron chi connectivity index (χ3n) is 9.20. The first-order valence-corrected chi connectivity index (χ1v) is 22.7. The lowest BCUT2D eigenvalue weighted by molar-refractivity contribution is -0.154. The van der Waals surface area contributed by atoms with Gasteiger partial charge in [-0.15, -0.1) is 0 Å². The molecule has 0 rings (SSSR count). The fourth-order valence-electron chi connectivity index (χ4n) is 5.94. The third-order valence-corrected chi connectivity index (χ3v) is 10.2. The zero-order chi connectivity index (χ0) is 37.5. The van der Waals surface area contributed by atoms with Gasteiger partial charge in [0.05, 0.1) is 26.4 Å².